The second-order valence-corrected chi connectivity index (χ2v) is 3.28. The molecule has 0 bridgehead atoms. The van der Waals surface area contributed by atoms with Crippen LogP contribution in [-0.4, -0.2) is 10.9 Å². The average molecular weight is 201 g/mol. The minimum absolute atomic E-state index is 0.448. The molecule has 1 aromatic heterocycles. The van der Waals surface area contributed by atoms with Gasteiger partial charge in [0.25, 0.3) is 5.91 Å². The van der Waals surface area contributed by atoms with E-state index >= 15 is 0 Å². The standard InChI is InChI=1S/C11H11N3O/c12-10(15)11(5-1-2-7-14-11)9-4-3-6-13-8-9/h1-8,14H,(H2,12,15). The number of hydrogen-bond donors (Lipinski definition) is 2. The van der Waals surface area contributed by atoms with E-state index in [1.807, 2.05) is 6.07 Å². The highest BCUT2D eigenvalue weighted by Crippen LogP contribution is 2.23. The first-order chi connectivity index (χ1) is 7.26. The molecule has 0 saturated heterocycles. The number of pyridine rings is 1. The lowest BCUT2D eigenvalue weighted by Crippen LogP contribution is -2.50. The van der Waals surface area contributed by atoms with Crippen molar-refractivity contribution in [3.8, 4) is 0 Å². The molecule has 0 radical (unpaired) electrons. The molecule has 0 aliphatic carbocycles. The average Bonchev–Trinajstić information content (AvgIpc) is 2.31. The van der Waals surface area contributed by atoms with Gasteiger partial charge < -0.3 is 11.1 Å². The molecule has 4 heteroatoms. The van der Waals surface area contributed by atoms with Gasteiger partial charge in [0.15, 0.2) is 5.54 Å². The van der Waals surface area contributed by atoms with Crippen LogP contribution >= 0.6 is 0 Å². The first kappa shape index (κ1) is 9.45. The third-order valence-corrected chi connectivity index (χ3v) is 2.37. The molecule has 0 spiro atoms. The van der Waals surface area contributed by atoms with Crippen LogP contribution in [0.2, 0.25) is 0 Å². The van der Waals surface area contributed by atoms with Gasteiger partial charge in [0.1, 0.15) is 0 Å². The Labute approximate surface area is 87.5 Å². The molecule has 4 nitrogen and oxygen atoms in total. The van der Waals surface area contributed by atoms with Crippen molar-refractivity contribution in [2.45, 2.75) is 5.54 Å². The van der Waals surface area contributed by atoms with Gasteiger partial charge in [-0.15, -0.1) is 0 Å². The fraction of sp³-hybridized carbons (Fsp3) is 0.0909. The summed E-state index contributed by atoms with van der Waals surface area (Å²) in [5.74, 6) is -0.448. The summed E-state index contributed by atoms with van der Waals surface area (Å²) in [6, 6.07) is 3.59. The van der Waals surface area contributed by atoms with Gasteiger partial charge in [0, 0.05) is 18.0 Å². The fourth-order valence-electron chi connectivity index (χ4n) is 1.55. The van der Waals surface area contributed by atoms with Crippen LogP contribution in [0.25, 0.3) is 0 Å². The molecule has 0 fully saturated rings. The normalized spacial score (nSPS) is 23.5. The summed E-state index contributed by atoms with van der Waals surface area (Å²) >= 11 is 0. The summed E-state index contributed by atoms with van der Waals surface area (Å²) in [6.45, 7) is 0. The van der Waals surface area contributed by atoms with Crippen molar-refractivity contribution < 1.29 is 4.79 Å². The van der Waals surface area contributed by atoms with E-state index in [-0.39, 0.29) is 0 Å². The van der Waals surface area contributed by atoms with Crippen LogP contribution in [0.5, 0.6) is 0 Å². The van der Waals surface area contributed by atoms with Crippen LogP contribution in [0.4, 0.5) is 0 Å². The third kappa shape index (κ3) is 1.50. The number of primary amides is 1. The van der Waals surface area contributed by atoms with Crippen LogP contribution in [0.3, 0.4) is 0 Å². The van der Waals surface area contributed by atoms with Crippen molar-refractivity contribution in [3.63, 3.8) is 0 Å². The third-order valence-electron chi connectivity index (χ3n) is 2.37. The lowest BCUT2D eigenvalue weighted by Gasteiger charge is -2.29. The summed E-state index contributed by atoms with van der Waals surface area (Å²) in [6.07, 6.45) is 10.3. The molecule has 1 amide bonds. The maximum atomic E-state index is 11.5. The van der Waals surface area contributed by atoms with Gasteiger partial charge in [-0.1, -0.05) is 12.1 Å². The van der Waals surface area contributed by atoms with E-state index in [4.69, 9.17) is 5.73 Å². The van der Waals surface area contributed by atoms with Crippen molar-refractivity contribution in [2.24, 2.45) is 5.73 Å². The molecule has 15 heavy (non-hydrogen) atoms. The minimum Gasteiger partial charge on any atom is -0.370 e. The van der Waals surface area contributed by atoms with E-state index in [0.29, 0.717) is 0 Å². The number of carbonyl (C=O) groups is 1. The second kappa shape index (κ2) is 3.57. The molecule has 0 aromatic carbocycles. The fourth-order valence-corrected chi connectivity index (χ4v) is 1.55. The Kier molecular flexibility index (Phi) is 2.25. The van der Waals surface area contributed by atoms with Crippen molar-refractivity contribution in [1.82, 2.24) is 10.3 Å². The van der Waals surface area contributed by atoms with E-state index in [1.165, 1.54) is 0 Å². The number of nitrogens with zero attached hydrogens (tertiary/aromatic N) is 1. The Bertz CT molecular complexity index is 425. The minimum atomic E-state index is -0.969. The number of nitrogens with one attached hydrogen (secondary N) is 1. The van der Waals surface area contributed by atoms with Crippen LogP contribution in [0.1, 0.15) is 5.56 Å². The predicted molar refractivity (Wildman–Crippen MR) is 56.5 cm³/mol. The number of allylic oxidation sites excluding steroid dienone is 2. The molecular weight excluding hydrogens is 190 g/mol. The molecular formula is C11H11N3O. The van der Waals surface area contributed by atoms with Gasteiger partial charge in [0.2, 0.25) is 0 Å². The topological polar surface area (TPSA) is 68.0 Å². The quantitative estimate of drug-likeness (QED) is 0.729. The molecule has 1 unspecified atom stereocenters. The van der Waals surface area contributed by atoms with Gasteiger partial charge in [0.05, 0.1) is 0 Å². The van der Waals surface area contributed by atoms with E-state index in [1.54, 1.807) is 42.9 Å². The number of aromatic nitrogens is 1. The summed E-state index contributed by atoms with van der Waals surface area (Å²) in [5, 5.41) is 2.97. The number of amides is 1. The Hall–Kier alpha value is -2.10. The zero-order chi connectivity index (χ0) is 10.7. The summed E-state index contributed by atoms with van der Waals surface area (Å²) in [5.41, 5.74) is 5.18. The summed E-state index contributed by atoms with van der Waals surface area (Å²) < 4.78 is 0. The smallest absolute Gasteiger partial charge is 0.251 e. The maximum Gasteiger partial charge on any atom is 0.251 e. The van der Waals surface area contributed by atoms with Gasteiger partial charge in [-0.05, 0) is 24.4 Å². The van der Waals surface area contributed by atoms with Crippen molar-refractivity contribution >= 4 is 5.91 Å². The Balaban J connectivity index is 2.49. The van der Waals surface area contributed by atoms with Crippen LogP contribution < -0.4 is 11.1 Å². The Morgan fingerprint density at radius 1 is 1.47 bits per heavy atom. The summed E-state index contributed by atoms with van der Waals surface area (Å²) in [4.78, 5) is 15.5. The number of carbonyl (C=O) groups excluding carboxylic acids is 1. The van der Waals surface area contributed by atoms with Crippen molar-refractivity contribution in [3.05, 3.63) is 54.5 Å². The van der Waals surface area contributed by atoms with E-state index in [0.717, 1.165) is 5.56 Å². The highest BCUT2D eigenvalue weighted by molar-refractivity contribution is 5.89. The van der Waals surface area contributed by atoms with Gasteiger partial charge in [-0.2, -0.15) is 0 Å². The molecule has 2 heterocycles. The molecule has 3 N–H and O–H groups in total. The molecule has 1 aliphatic rings. The van der Waals surface area contributed by atoms with Gasteiger partial charge in [-0.3, -0.25) is 9.78 Å². The zero-order valence-corrected chi connectivity index (χ0v) is 8.05. The number of hydrogen-bond acceptors (Lipinski definition) is 3. The molecule has 1 atom stereocenters. The molecule has 76 valence electrons. The van der Waals surface area contributed by atoms with E-state index in [2.05, 4.69) is 10.3 Å². The van der Waals surface area contributed by atoms with E-state index < -0.39 is 11.4 Å². The lowest BCUT2D eigenvalue weighted by atomic mass is 9.88. The number of dihydropyridines is 1. The highest BCUT2D eigenvalue weighted by atomic mass is 16.1. The largest absolute Gasteiger partial charge is 0.370 e. The Morgan fingerprint density at radius 3 is 2.87 bits per heavy atom. The molecule has 0 saturated carbocycles. The van der Waals surface area contributed by atoms with E-state index in [9.17, 15) is 4.79 Å². The number of nitrogens with two attached hydrogens (primary N) is 1. The monoisotopic (exact) mass is 201 g/mol. The Morgan fingerprint density at radius 2 is 2.33 bits per heavy atom. The molecule has 1 aromatic rings. The first-order valence-corrected chi connectivity index (χ1v) is 4.58. The van der Waals surface area contributed by atoms with Crippen LogP contribution in [-0.2, 0) is 10.3 Å². The summed E-state index contributed by atoms with van der Waals surface area (Å²) in [7, 11) is 0. The van der Waals surface area contributed by atoms with Crippen LogP contribution in [0, 0.1) is 0 Å². The lowest BCUT2D eigenvalue weighted by molar-refractivity contribution is -0.122. The highest BCUT2D eigenvalue weighted by Gasteiger charge is 2.35. The SMILES string of the molecule is NC(=O)C1(c2cccnc2)C=CC=CN1. The van der Waals surface area contributed by atoms with Crippen LogP contribution in [0.15, 0.2) is 49.0 Å². The predicted octanol–water partition coefficient (Wildman–Crippen LogP) is 0.435. The number of rotatable bonds is 2. The molecule has 1 aliphatic heterocycles. The van der Waals surface area contributed by atoms with Crippen molar-refractivity contribution in [1.29, 1.82) is 0 Å². The van der Waals surface area contributed by atoms with Gasteiger partial charge in [-0.25, -0.2) is 0 Å². The maximum absolute atomic E-state index is 11.5. The molecule has 2 rings (SSSR count). The second-order valence-electron chi connectivity index (χ2n) is 3.28. The van der Waals surface area contributed by atoms with Crippen molar-refractivity contribution in [2.75, 3.05) is 0 Å². The zero-order valence-electron chi connectivity index (χ0n) is 8.05. The first-order valence-electron chi connectivity index (χ1n) is 4.58. The van der Waals surface area contributed by atoms with Gasteiger partial charge >= 0.3 is 0 Å².